The summed E-state index contributed by atoms with van der Waals surface area (Å²) in [5.74, 6) is 0. The van der Waals surface area contributed by atoms with Crippen LogP contribution in [0.15, 0.2) is 36.7 Å². The van der Waals surface area contributed by atoms with Gasteiger partial charge in [-0.1, -0.05) is 6.07 Å². The first kappa shape index (κ1) is 8.68. The molecule has 1 aliphatic rings. The van der Waals surface area contributed by atoms with Crippen LogP contribution in [0.3, 0.4) is 0 Å². The van der Waals surface area contributed by atoms with E-state index < -0.39 is 0 Å². The zero-order valence-electron chi connectivity index (χ0n) is 8.48. The minimum absolute atomic E-state index is 0.995. The van der Waals surface area contributed by atoms with Gasteiger partial charge in [-0.15, -0.1) is 0 Å². The van der Waals surface area contributed by atoms with Crippen LogP contribution in [-0.2, 0) is 13.0 Å². The standard InChI is InChI=1S/C12H13N3/c1-5-14-15(7-1)12-3-2-11-9-13-6-4-10(11)8-12/h1-3,5,7-8,13H,4,6,9H2. The second-order valence-electron chi connectivity index (χ2n) is 3.83. The summed E-state index contributed by atoms with van der Waals surface area (Å²) in [7, 11) is 0. The fourth-order valence-electron chi connectivity index (χ4n) is 2.03. The third-order valence-electron chi connectivity index (χ3n) is 2.85. The molecule has 0 aliphatic carbocycles. The Morgan fingerprint density at radius 1 is 1.27 bits per heavy atom. The molecule has 0 amide bonds. The highest BCUT2D eigenvalue weighted by atomic mass is 15.3. The molecular formula is C12H13N3. The number of nitrogens with one attached hydrogen (secondary N) is 1. The van der Waals surface area contributed by atoms with Crippen molar-refractivity contribution in [2.75, 3.05) is 6.54 Å². The Morgan fingerprint density at radius 2 is 2.27 bits per heavy atom. The van der Waals surface area contributed by atoms with Crippen molar-refractivity contribution in [2.45, 2.75) is 13.0 Å². The van der Waals surface area contributed by atoms with Crippen molar-refractivity contribution in [1.29, 1.82) is 0 Å². The van der Waals surface area contributed by atoms with Gasteiger partial charge in [0.05, 0.1) is 5.69 Å². The van der Waals surface area contributed by atoms with E-state index in [1.54, 1.807) is 6.20 Å². The molecule has 0 atom stereocenters. The van der Waals surface area contributed by atoms with Crippen LogP contribution in [-0.4, -0.2) is 16.3 Å². The number of hydrogen-bond donors (Lipinski definition) is 1. The van der Waals surface area contributed by atoms with Crippen LogP contribution >= 0.6 is 0 Å². The van der Waals surface area contributed by atoms with Gasteiger partial charge < -0.3 is 5.32 Å². The van der Waals surface area contributed by atoms with Crippen molar-refractivity contribution in [2.24, 2.45) is 0 Å². The monoisotopic (exact) mass is 199 g/mol. The predicted octanol–water partition coefficient (Wildman–Crippen LogP) is 1.52. The average Bonchev–Trinajstić information content (AvgIpc) is 2.82. The Labute approximate surface area is 88.7 Å². The van der Waals surface area contributed by atoms with Gasteiger partial charge in [-0.25, -0.2) is 4.68 Å². The van der Waals surface area contributed by atoms with E-state index in [9.17, 15) is 0 Å². The first-order chi connectivity index (χ1) is 7.43. The highest BCUT2D eigenvalue weighted by Crippen LogP contribution is 2.17. The molecule has 0 saturated carbocycles. The quantitative estimate of drug-likeness (QED) is 0.754. The third kappa shape index (κ3) is 1.55. The lowest BCUT2D eigenvalue weighted by atomic mass is 10.0. The lowest BCUT2D eigenvalue weighted by Gasteiger charge is -2.17. The van der Waals surface area contributed by atoms with Gasteiger partial charge in [0.15, 0.2) is 0 Å². The van der Waals surface area contributed by atoms with E-state index in [4.69, 9.17) is 0 Å². The molecule has 0 spiro atoms. The van der Waals surface area contributed by atoms with E-state index >= 15 is 0 Å². The third-order valence-corrected chi connectivity index (χ3v) is 2.85. The molecule has 1 aromatic carbocycles. The Morgan fingerprint density at radius 3 is 3.13 bits per heavy atom. The highest BCUT2D eigenvalue weighted by Gasteiger charge is 2.09. The zero-order valence-corrected chi connectivity index (χ0v) is 8.48. The molecule has 2 heterocycles. The predicted molar refractivity (Wildman–Crippen MR) is 59.0 cm³/mol. The number of aromatic nitrogens is 2. The van der Waals surface area contributed by atoms with Crippen molar-refractivity contribution < 1.29 is 0 Å². The van der Waals surface area contributed by atoms with E-state index in [1.807, 2.05) is 16.9 Å². The Hall–Kier alpha value is -1.61. The molecule has 1 N–H and O–H groups in total. The van der Waals surface area contributed by atoms with Crippen LogP contribution in [0.4, 0.5) is 0 Å². The van der Waals surface area contributed by atoms with Gasteiger partial charge in [-0.2, -0.15) is 5.10 Å². The second-order valence-corrected chi connectivity index (χ2v) is 3.83. The van der Waals surface area contributed by atoms with E-state index in [-0.39, 0.29) is 0 Å². The molecule has 0 bridgehead atoms. The summed E-state index contributed by atoms with van der Waals surface area (Å²) in [6, 6.07) is 8.50. The number of nitrogens with zero attached hydrogens (tertiary/aromatic N) is 2. The van der Waals surface area contributed by atoms with E-state index in [1.165, 1.54) is 11.1 Å². The van der Waals surface area contributed by atoms with Gasteiger partial charge in [-0.3, -0.25) is 0 Å². The van der Waals surface area contributed by atoms with Crippen LogP contribution in [0, 0.1) is 0 Å². The van der Waals surface area contributed by atoms with Crippen LogP contribution in [0.2, 0.25) is 0 Å². The van der Waals surface area contributed by atoms with Crippen molar-refractivity contribution in [3.63, 3.8) is 0 Å². The molecule has 1 aromatic heterocycles. The lowest BCUT2D eigenvalue weighted by molar-refractivity contribution is 0.643. The Balaban J connectivity index is 2.04. The van der Waals surface area contributed by atoms with E-state index in [0.29, 0.717) is 0 Å². The van der Waals surface area contributed by atoms with Gasteiger partial charge in [0.25, 0.3) is 0 Å². The minimum atomic E-state index is 0.995. The average molecular weight is 199 g/mol. The van der Waals surface area contributed by atoms with Crippen LogP contribution < -0.4 is 5.32 Å². The molecule has 0 radical (unpaired) electrons. The van der Waals surface area contributed by atoms with Crippen molar-refractivity contribution in [1.82, 2.24) is 15.1 Å². The Bertz CT molecular complexity index is 460. The van der Waals surface area contributed by atoms with Gasteiger partial charge in [0.1, 0.15) is 0 Å². The zero-order chi connectivity index (χ0) is 10.1. The lowest BCUT2D eigenvalue weighted by Crippen LogP contribution is -2.23. The van der Waals surface area contributed by atoms with Crippen LogP contribution in [0.5, 0.6) is 0 Å². The van der Waals surface area contributed by atoms with Gasteiger partial charge in [0.2, 0.25) is 0 Å². The molecule has 76 valence electrons. The summed E-state index contributed by atoms with van der Waals surface area (Å²) >= 11 is 0. The summed E-state index contributed by atoms with van der Waals surface area (Å²) in [4.78, 5) is 0. The Kier molecular flexibility index (Phi) is 2.03. The molecule has 3 nitrogen and oxygen atoms in total. The molecule has 3 heteroatoms. The first-order valence-electron chi connectivity index (χ1n) is 5.26. The molecule has 0 fully saturated rings. The first-order valence-corrected chi connectivity index (χ1v) is 5.26. The van der Waals surface area contributed by atoms with E-state index in [0.717, 1.165) is 25.2 Å². The smallest absolute Gasteiger partial charge is 0.0648 e. The molecule has 1 aliphatic heterocycles. The van der Waals surface area contributed by atoms with Gasteiger partial charge in [-0.05, 0) is 42.3 Å². The minimum Gasteiger partial charge on any atom is -0.312 e. The summed E-state index contributed by atoms with van der Waals surface area (Å²) in [6.45, 7) is 2.07. The summed E-state index contributed by atoms with van der Waals surface area (Å²) in [6.07, 6.45) is 4.90. The fourth-order valence-corrected chi connectivity index (χ4v) is 2.03. The maximum absolute atomic E-state index is 4.24. The molecule has 2 aromatic rings. The molecule has 15 heavy (non-hydrogen) atoms. The maximum Gasteiger partial charge on any atom is 0.0648 e. The number of benzene rings is 1. The summed E-state index contributed by atoms with van der Waals surface area (Å²) in [5.41, 5.74) is 4.01. The van der Waals surface area contributed by atoms with Crippen molar-refractivity contribution in [3.8, 4) is 5.69 Å². The highest BCUT2D eigenvalue weighted by molar-refractivity contribution is 5.41. The van der Waals surface area contributed by atoms with Crippen LogP contribution in [0.25, 0.3) is 5.69 Å². The molecule has 0 unspecified atom stereocenters. The van der Waals surface area contributed by atoms with Crippen molar-refractivity contribution in [3.05, 3.63) is 47.8 Å². The van der Waals surface area contributed by atoms with Crippen molar-refractivity contribution >= 4 is 0 Å². The summed E-state index contributed by atoms with van der Waals surface area (Å²) in [5, 5.41) is 7.61. The van der Waals surface area contributed by atoms with Gasteiger partial charge >= 0.3 is 0 Å². The molecule has 3 rings (SSSR count). The topological polar surface area (TPSA) is 29.9 Å². The second kappa shape index (κ2) is 3.51. The normalized spacial score (nSPS) is 14.9. The van der Waals surface area contributed by atoms with E-state index in [2.05, 4.69) is 28.6 Å². The SMILES string of the molecule is c1cnn(-c2ccc3c(c2)CCNC3)c1. The van der Waals surface area contributed by atoms with Crippen LogP contribution in [0.1, 0.15) is 11.1 Å². The number of rotatable bonds is 1. The number of hydrogen-bond acceptors (Lipinski definition) is 2. The molecule has 0 saturated heterocycles. The maximum atomic E-state index is 4.24. The fraction of sp³-hybridized carbons (Fsp3) is 0.250. The van der Waals surface area contributed by atoms with Gasteiger partial charge in [0, 0.05) is 18.9 Å². The largest absolute Gasteiger partial charge is 0.312 e. The summed E-state index contributed by atoms with van der Waals surface area (Å²) < 4.78 is 1.91. The number of fused-ring (bicyclic) bond motifs is 1. The molecular weight excluding hydrogens is 186 g/mol.